The molecule has 0 bridgehead atoms. The molecule has 0 saturated heterocycles. The number of thiophene rings is 1. The van der Waals surface area contributed by atoms with E-state index in [0.717, 1.165) is 30.6 Å². The molecular formula is C15H12Br2N2OS. The lowest BCUT2D eigenvalue weighted by Crippen LogP contribution is -1.90. The molecule has 0 aliphatic carbocycles. The second kappa shape index (κ2) is 7.68. The van der Waals surface area contributed by atoms with Gasteiger partial charge in [0.1, 0.15) is 0 Å². The number of fused-ring (bicyclic) bond motifs is 1. The topological polar surface area (TPSA) is 42.0 Å². The molecule has 0 saturated carbocycles. The first-order valence-corrected chi connectivity index (χ1v) is 8.47. The number of anilines is 1. The van der Waals surface area contributed by atoms with Crippen molar-refractivity contribution in [3.63, 3.8) is 0 Å². The fourth-order valence-corrected chi connectivity index (χ4v) is 3.63. The van der Waals surface area contributed by atoms with Gasteiger partial charge in [0.25, 0.3) is 0 Å². The maximum absolute atomic E-state index is 10.1. The van der Waals surface area contributed by atoms with Crippen LogP contribution in [0.1, 0.15) is 9.67 Å². The number of benzene rings is 1. The first kappa shape index (κ1) is 16.1. The Kier molecular flexibility index (Phi) is 5.90. The smallest absolute Gasteiger partial charge is 0.160 e. The number of pyridine rings is 1. The van der Waals surface area contributed by atoms with Gasteiger partial charge in [0.2, 0.25) is 0 Å². The van der Waals surface area contributed by atoms with Gasteiger partial charge >= 0.3 is 0 Å². The fraction of sp³-hybridized carbons (Fsp3) is 0.0667. The van der Waals surface area contributed by atoms with Gasteiger partial charge in [0.15, 0.2) is 6.29 Å². The van der Waals surface area contributed by atoms with E-state index in [1.165, 1.54) is 16.7 Å². The Hall–Kier alpha value is -1.24. The van der Waals surface area contributed by atoms with E-state index in [9.17, 15) is 4.79 Å². The number of rotatable bonds is 2. The summed E-state index contributed by atoms with van der Waals surface area (Å²) in [5.74, 6) is 0. The van der Waals surface area contributed by atoms with Gasteiger partial charge in [-0.15, -0.1) is 11.3 Å². The summed E-state index contributed by atoms with van der Waals surface area (Å²) in [6, 6.07) is 11.9. The van der Waals surface area contributed by atoms with E-state index in [0.29, 0.717) is 0 Å². The molecule has 3 nitrogen and oxygen atoms in total. The molecule has 3 aromatic rings. The van der Waals surface area contributed by atoms with E-state index in [1.54, 1.807) is 6.07 Å². The molecule has 21 heavy (non-hydrogen) atoms. The standard InChI is InChI=1S/C10H10N2.C5H2Br2OS/c1-11-9-6-2-4-8-5-3-7-12-10(8)9;6-4-1-3(2-8)9-5(4)7/h2-7,11H,1H3;1-2H. The van der Waals surface area contributed by atoms with Crippen LogP contribution in [-0.4, -0.2) is 18.3 Å². The van der Waals surface area contributed by atoms with Crippen molar-refractivity contribution in [1.29, 1.82) is 0 Å². The lowest BCUT2D eigenvalue weighted by atomic mass is 10.2. The first-order chi connectivity index (χ1) is 10.2. The van der Waals surface area contributed by atoms with Crippen LogP contribution < -0.4 is 5.32 Å². The zero-order chi connectivity index (χ0) is 15.2. The molecule has 0 amide bonds. The predicted octanol–water partition coefficient (Wildman–Crippen LogP) is 5.36. The lowest BCUT2D eigenvalue weighted by Gasteiger charge is -2.02. The largest absolute Gasteiger partial charge is 0.386 e. The molecule has 6 heteroatoms. The van der Waals surface area contributed by atoms with Gasteiger partial charge in [-0.05, 0) is 50.1 Å². The molecule has 1 N–H and O–H groups in total. The molecule has 2 heterocycles. The first-order valence-electron chi connectivity index (χ1n) is 6.07. The van der Waals surface area contributed by atoms with Crippen molar-refractivity contribution >= 4 is 66.1 Å². The van der Waals surface area contributed by atoms with Crippen LogP contribution in [-0.2, 0) is 0 Å². The number of para-hydroxylation sites is 1. The van der Waals surface area contributed by atoms with Gasteiger partial charge in [-0.2, -0.15) is 0 Å². The van der Waals surface area contributed by atoms with Crippen molar-refractivity contribution in [2.75, 3.05) is 12.4 Å². The molecule has 2 aromatic heterocycles. The van der Waals surface area contributed by atoms with Crippen LogP contribution in [0.3, 0.4) is 0 Å². The second-order valence-electron chi connectivity index (χ2n) is 4.02. The molecule has 0 atom stereocenters. The number of aromatic nitrogens is 1. The van der Waals surface area contributed by atoms with E-state index in [4.69, 9.17) is 0 Å². The summed E-state index contributed by atoms with van der Waals surface area (Å²) in [6.45, 7) is 0. The third-order valence-electron chi connectivity index (χ3n) is 2.68. The number of halogens is 2. The Bertz CT molecular complexity index is 734. The third kappa shape index (κ3) is 4.12. The normalized spacial score (nSPS) is 9.86. The number of nitrogens with zero attached hydrogens (tertiary/aromatic N) is 1. The maximum atomic E-state index is 10.1. The Labute approximate surface area is 143 Å². The highest BCUT2D eigenvalue weighted by Crippen LogP contribution is 2.31. The summed E-state index contributed by atoms with van der Waals surface area (Å²) in [7, 11) is 1.91. The molecule has 0 fully saturated rings. The molecule has 0 spiro atoms. The van der Waals surface area contributed by atoms with Crippen LogP contribution in [0.4, 0.5) is 5.69 Å². The third-order valence-corrected chi connectivity index (χ3v) is 5.86. The van der Waals surface area contributed by atoms with Gasteiger partial charge in [0.05, 0.1) is 19.9 Å². The van der Waals surface area contributed by atoms with Crippen molar-refractivity contribution in [1.82, 2.24) is 4.98 Å². The highest BCUT2D eigenvalue weighted by atomic mass is 79.9. The zero-order valence-corrected chi connectivity index (χ0v) is 15.1. The number of hydrogen-bond acceptors (Lipinski definition) is 4. The predicted molar refractivity (Wildman–Crippen MR) is 96.4 cm³/mol. The summed E-state index contributed by atoms with van der Waals surface area (Å²) >= 11 is 7.95. The summed E-state index contributed by atoms with van der Waals surface area (Å²) in [6.07, 6.45) is 2.64. The van der Waals surface area contributed by atoms with E-state index in [-0.39, 0.29) is 0 Å². The Balaban J connectivity index is 0.000000161. The van der Waals surface area contributed by atoms with E-state index < -0.39 is 0 Å². The number of carbonyl (C=O) groups is 1. The summed E-state index contributed by atoms with van der Waals surface area (Å²) in [4.78, 5) is 15.2. The quantitative estimate of drug-likeness (QED) is 0.559. The zero-order valence-electron chi connectivity index (χ0n) is 11.1. The summed E-state index contributed by atoms with van der Waals surface area (Å²) in [5.41, 5.74) is 2.11. The molecule has 3 rings (SSSR count). The van der Waals surface area contributed by atoms with Crippen LogP contribution in [0.2, 0.25) is 0 Å². The fourth-order valence-electron chi connectivity index (χ4n) is 1.73. The Morgan fingerprint density at radius 3 is 2.57 bits per heavy atom. The van der Waals surface area contributed by atoms with Crippen molar-refractivity contribution < 1.29 is 4.79 Å². The maximum Gasteiger partial charge on any atom is 0.160 e. The monoisotopic (exact) mass is 426 g/mol. The summed E-state index contributed by atoms with van der Waals surface area (Å²) < 4.78 is 1.90. The van der Waals surface area contributed by atoms with Crippen molar-refractivity contribution in [2.45, 2.75) is 0 Å². The van der Waals surface area contributed by atoms with E-state index in [1.807, 2.05) is 31.4 Å². The molecule has 0 unspecified atom stereocenters. The average Bonchev–Trinajstić information content (AvgIpc) is 2.86. The minimum Gasteiger partial charge on any atom is -0.386 e. The Morgan fingerprint density at radius 2 is 2.00 bits per heavy atom. The Morgan fingerprint density at radius 1 is 1.24 bits per heavy atom. The van der Waals surface area contributed by atoms with Gasteiger partial charge in [-0.3, -0.25) is 9.78 Å². The van der Waals surface area contributed by atoms with Crippen LogP contribution in [0.5, 0.6) is 0 Å². The van der Waals surface area contributed by atoms with Crippen LogP contribution in [0.15, 0.2) is 50.9 Å². The molecule has 0 aliphatic rings. The van der Waals surface area contributed by atoms with Crippen molar-refractivity contribution in [3.8, 4) is 0 Å². The molecule has 0 aliphatic heterocycles. The van der Waals surface area contributed by atoms with E-state index in [2.05, 4.69) is 54.3 Å². The number of aldehydes is 1. The molecular weight excluding hydrogens is 416 g/mol. The van der Waals surface area contributed by atoms with Crippen molar-refractivity contribution in [2.24, 2.45) is 0 Å². The molecule has 108 valence electrons. The highest BCUT2D eigenvalue weighted by Gasteiger charge is 2.01. The molecule has 1 aromatic carbocycles. The minimum atomic E-state index is 0.730. The SMILES string of the molecule is CNc1cccc2cccnc12.O=Cc1cc(Br)c(Br)s1. The second-order valence-corrected chi connectivity index (χ2v) is 7.27. The van der Waals surface area contributed by atoms with E-state index >= 15 is 0 Å². The van der Waals surface area contributed by atoms with Gasteiger partial charge in [-0.1, -0.05) is 18.2 Å². The lowest BCUT2D eigenvalue weighted by molar-refractivity contribution is 0.112. The number of carbonyl (C=O) groups excluding carboxylic acids is 1. The average molecular weight is 428 g/mol. The van der Waals surface area contributed by atoms with Crippen LogP contribution in [0, 0.1) is 0 Å². The number of hydrogen-bond donors (Lipinski definition) is 1. The van der Waals surface area contributed by atoms with Crippen molar-refractivity contribution in [3.05, 3.63) is 55.7 Å². The minimum absolute atomic E-state index is 0.730. The van der Waals surface area contributed by atoms with Crippen LogP contribution >= 0.6 is 43.2 Å². The molecule has 0 radical (unpaired) electrons. The summed E-state index contributed by atoms with van der Waals surface area (Å²) in [5, 5.41) is 4.28. The van der Waals surface area contributed by atoms with Gasteiger partial charge < -0.3 is 5.32 Å². The van der Waals surface area contributed by atoms with Crippen LogP contribution in [0.25, 0.3) is 10.9 Å². The number of nitrogens with one attached hydrogen (secondary N) is 1. The van der Waals surface area contributed by atoms with Gasteiger partial charge in [0, 0.05) is 23.1 Å². The van der Waals surface area contributed by atoms with Gasteiger partial charge in [-0.25, -0.2) is 0 Å². The highest BCUT2D eigenvalue weighted by molar-refractivity contribution is 9.13.